The molecule has 33 heavy (non-hydrogen) atoms. The lowest BCUT2D eigenvalue weighted by atomic mass is 9.90. The fourth-order valence-corrected chi connectivity index (χ4v) is 4.29. The average molecular weight is 453 g/mol. The van der Waals surface area contributed by atoms with Crippen molar-refractivity contribution in [3.8, 4) is 28.3 Å². The van der Waals surface area contributed by atoms with Gasteiger partial charge in [-0.15, -0.1) is 0 Å². The summed E-state index contributed by atoms with van der Waals surface area (Å²) in [6.45, 7) is 3.33. The van der Waals surface area contributed by atoms with E-state index in [4.69, 9.17) is 10.5 Å². The number of imidazole rings is 1. The van der Waals surface area contributed by atoms with Crippen molar-refractivity contribution in [3.63, 3.8) is 0 Å². The molecule has 1 saturated heterocycles. The number of para-hydroxylation sites is 1. The summed E-state index contributed by atoms with van der Waals surface area (Å²) in [6.07, 6.45) is 3.24. The molecule has 1 atom stereocenters. The molecule has 9 heteroatoms. The first kappa shape index (κ1) is 21.3. The first-order valence-corrected chi connectivity index (χ1v) is 10.5. The second-order valence-electron chi connectivity index (χ2n) is 8.30. The van der Waals surface area contributed by atoms with Crippen LogP contribution in [0.2, 0.25) is 0 Å². The topological polar surface area (TPSA) is 80.1 Å². The van der Waals surface area contributed by atoms with Crippen molar-refractivity contribution in [1.29, 1.82) is 0 Å². The molecule has 1 fully saturated rings. The predicted molar refractivity (Wildman–Crippen MR) is 121 cm³/mol. The fourth-order valence-electron chi connectivity index (χ4n) is 4.29. The monoisotopic (exact) mass is 453 g/mol. The van der Waals surface area contributed by atoms with Gasteiger partial charge in [0.15, 0.2) is 17.4 Å². The van der Waals surface area contributed by atoms with Gasteiger partial charge in [-0.1, -0.05) is 12.1 Å². The number of rotatable bonds is 5. The van der Waals surface area contributed by atoms with Gasteiger partial charge in [-0.3, -0.25) is 4.98 Å². The first-order valence-electron chi connectivity index (χ1n) is 10.5. The summed E-state index contributed by atoms with van der Waals surface area (Å²) in [5, 5.41) is 0. The van der Waals surface area contributed by atoms with Crippen LogP contribution in [0.15, 0.2) is 42.7 Å². The predicted octanol–water partition coefficient (Wildman–Crippen LogP) is 4.50. The Hall–Kier alpha value is -3.59. The van der Waals surface area contributed by atoms with E-state index >= 15 is 0 Å². The highest BCUT2D eigenvalue weighted by molar-refractivity contribution is 5.92. The lowest BCUT2D eigenvalue weighted by Gasteiger charge is -2.44. The van der Waals surface area contributed by atoms with E-state index < -0.39 is 17.5 Å². The zero-order valence-corrected chi connectivity index (χ0v) is 18.1. The fraction of sp³-hybridized carbons (Fsp3) is 0.250. The van der Waals surface area contributed by atoms with Gasteiger partial charge in [-0.05, 0) is 19.1 Å². The van der Waals surface area contributed by atoms with Gasteiger partial charge >= 0.3 is 0 Å². The Labute approximate surface area is 188 Å². The number of methoxy groups -OCH3 is 1. The van der Waals surface area contributed by atoms with Gasteiger partial charge in [0.1, 0.15) is 17.2 Å². The van der Waals surface area contributed by atoms with Crippen LogP contribution in [0.5, 0.6) is 5.75 Å². The highest BCUT2D eigenvalue weighted by Crippen LogP contribution is 2.44. The van der Waals surface area contributed by atoms with Crippen molar-refractivity contribution >= 4 is 16.7 Å². The molecular weight excluding hydrogens is 431 g/mol. The Kier molecular flexibility index (Phi) is 5.20. The minimum atomic E-state index is -0.758. The van der Waals surface area contributed by atoms with E-state index in [1.165, 1.54) is 19.2 Å². The molecular formula is C24H22F3N5O. The normalized spacial score (nSPS) is 15.0. The van der Waals surface area contributed by atoms with Crippen LogP contribution in [0.3, 0.4) is 0 Å². The van der Waals surface area contributed by atoms with Gasteiger partial charge in [0.2, 0.25) is 0 Å². The quantitative estimate of drug-likeness (QED) is 0.465. The Bertz CT molecular complexity index is 1350. The minimum Gasteiger partial charge on any atom is -0.493 e. The highest BCUT2D eigenvalue weighted by Gasteiger charge is 2.34. The van der Waals surface area contributed by atoms with Crippen molar-refractivity contribution in [2.24, 2.45) is 11.7 Å². The Balaban J connectivity index is 1.72. The van der Waals surface area contributed by atoms with Gasteiger partial charge in [0.05, 0.1) is 23.9 Å². The van der Waals surface area contributed by atoms with Crippen LogP contribution in [0.4, 0.5) is 18.9 Å². The lowest BCUT2D eigenvalue weighted by molar-refractivity contribution is 0.355. The molecule has 2 aromatic carbocycles. The lowest BCUT2D eigenvalue weighted by Crippen LogP contribution is -2.54. The Morgan fingerprint density at radius 2 is 1.85 bits per heavy atom. The van der Waals surface area contributed by atoms with Crippen LogP contribution in [0, 0.1) is 23.4 Å². The molecule has 1 aliphatic heterocycles. The zero-order valence-electron chi connectivity index (χ0n) is 18.1. The molecule has 1 aliphatic rings. The van der Waals surface area contributed by atoms with Crippen LogP contribution in [0.25, 0.3) is 33.5 Å². The molecule has 5 rings (SSSR count). The third-order valence-corrected chi connectivity index (χ3v) is 6.11. The molecule has 3 heterocycles. The molecule has 4 aromatic rings. The van der Waals surface area contributed by atoms with E-state index in [1.54, 1.807) is 24.5 Å². The molecule has 0 bridgehead atoms. The van der Waals surface area contributed by atoms with Gasteiger partial charge in [-0.25, -0.2) is 18.2 Å². The van der Waals surface area contributed by atoms with Crippen LogP contribution in [-0.2, 0) is 0 Å². The molecule has 170 valence electrons. The van der Waals surface area contributed by atoms with E-state index in [0.717, 1.165) is 11.8 Å². The molecule has 1 unspecified atom stereocenters. The number of H-pyrrole nitrogens is 1. The van der Waals surface area contributed by atoms with Crippen molar-refractivity contribution < 1.29 is 17.9 Å². The Morgan fingerprint density at radius 1 is 1.09 bits per heavy atom. The molecule has 6 nitrogen and oxygen atoms in total. The van der Waals surface area contributed by atoms with E-state index in [9.17, 15) is 13.2 Å². The van der Waals surface area contributed by atoms with E-state index in [1.807, 2.05) is 6.92 Å². The van der Waals surface area contributed by atoms with Crippen LogP contribution >= 0.6 is 0 Å². The average Bonchev–Trinajstić information content (AvgIpc) is 3.16. The maximum Gasteiger partial charge on any atom is 0.165 e. The summed E-state index contributed by atoms with van der Waals surface area (Å²) in [5.41, 5.74) is 8.83. The number of nitrogens with two attached hydrogens (primary N) is 1. The number of nitrogens with one attached hydrogen (secondary N) is 1. The first-order chi connectivity index (χ1) is 15.9. The number of nitrogens with zero attached hydrogens (tertiary/aromatic N) is 3. The minimum absolute atomic E-state index is 0.0157. The van der Waals surface area contributed by atoms with Crippen molar-refractivity contribution in [2.45, 2.75) is 13.0 Å². The van der Waals surface area contributed by atoms with Crippen LogP contribution in [0.1, 0.15) is 6.92 Å². The van der Waals surface area contributed by atoms with Gasteiger partial charge in [0.25, 0.3) is 0 Å². The number of aromatic nitrogens is 3. The number of pyridine rings is 1. The summed E-state index contributed by atoms with van der Waals surface area (Å²) >= 11 is 0. The number of anilines is 1. The van der Waals surface area contributed by atoms with Gasteiger partial charge in [0, 0.05) is 54.6 Å². The highest BCUT2D eigenvalue weighted by atomic mass is 19.1. The molecule has 0 amide bonds. The number of aromatic amines is 1. The maximum absolute atomic E-state index is 14.5. The van der Waals surface area contributed by atoms with Gasteiger partial charge < -0.3 is 20.4 Å². The standard InChI is InChI=1S/C24H22F3N5O/c1-12(28)13-10-32(11-13)22-16(15-4-3-5-18(26)23(15)33-2)8-29-9-17(22)24-30-20-7-14(25)6-19(27)21(20)31-24/h3-9,12-13H,10-11,28H2,1-2H3,(H,30,31). The summed E-state index contributed by atoms with van der Waals surface area (Å²) < 4.78 is 47.9. The SMILES string of the molecule is COc1c(F)cccc1-c1cncc(-c2nc3c(F)cc(F)cc3[nH]2)c1N1CC(C(C)N)C1. The second-order valence-corrected chi connectivity index (χ2v) is 8.30. The number of benzene rings is 2. The summed E-state index contributed by atoms with van der Waals surface area (Å²) in [6, 6.07) is 6.68. The maximum atomic E-state index is 14.5. The molecule has 3 N–H and O–H groups in total. The summed E-state index contributed by atoms with van der Waals surface area (Å²) in [5.74, 6) is -1.24. The van der Waals surface area contributed by atoms with Crippen molar-refractivity contribution in [2.75, 3.05) is 25.1 Å². The zero-order chi connectivity index (χ0) is 23.3. The van der Waals surface area contributed by atoms with E-state index in [0.29, 0.717) is 35.6 Å². The Morgan fingerprint density at radius 3 is 2.58 bits per heavy atom. The number of hydrogen-bond donors (Lipinski definition) is 2. The van der Waals surface area contributed by atoms with Crippen LogP contribution in [-0.4, -0.2) is 41.2 Å². The smallest absolute Gasteiger partial charge is 0.165 e. The van der Waals surface area contributed by atoms with Crippen LogP contribution < -0.4 is 15.4 Å². The number of ether oxygens (including phenoxy) is 1. The number of fused-ring (bicyclic) bond motifs is 1. The third-order valence-electron chi connectivity index (χ3n) is 6.11. The third kappa shape index (κ3) is 3.58. The van der Waals surface area contributed by atoms with E-state index in [-0.39, 0.29) is 28.7 Å². The largest absolute Gasteiger partial charge is 0.493 e. The summed E-state index contributed by atoms with van der Waals surface area (Å²) in [4.78, 5) is 13.8. The molecule has 0 spiro atoms. The molecule has 0 saturated carbocycles. The van der Waals surface area contributed by atoms with Crippen molar-refractivity contribution in [1.82, 2.24) is 15.0 Å². The number of halogens is 3. The van der Waals surface area contributed by atoms with Gasteiger partial charge in [-0.2, -0.15) is 0 Å². The second kappa shape index (κ2) is 8.08. The molecule has 0 radical (unpaired) electrons. The summed E-state index contributed by atoms with van der Waals surface area (Å²) in [7, 11) is 1.41. The van der Waals surface area contributed by atoms with Crippen molar-refractivity contribution in [3.05, 3.63) is 60.2 Å². The van der Waals surface area contributed by atoms with E-state index in [2.05, 4.69) is 19.9 Å². The molecule has 0 aliphatic carbocycles. The molecule has 2 aromatic heterocycles. The number of hydrogen-bond acceptors (Lipinski definition) is 5.